The summed E-state index contributed by atoms with van der Waals surface area (Å²) < 4.78 is 6.48. The number of carbonyl (C=O) groups excluding carboxylic acids is 3. The Balaban J connectivity index is 1.72. The van der Waals surface area contributed by atoms with E-state index in [2.05, 4.69) is 10.4 Å². The van der Waals surface area contributed by atoms with Gasteiger partial charge < -0.3 is 10.1 Å². The molecule has 1 aromatic carbocycles. The normalized spacial score (nSPS) is 21.3. The Morgan fingerprint density at radius 2 is 1.85 bits per heavy atom. The number of ether oxygens (including phenoxy) is 1. The summed E-state index contributed by atoms with van der Waals surface area (Å²) in [5.41, 5.74) is -0.423. The van der Waals surface area contributed by atoms with Crippen LogP contribution in [0, 0.1) is 0 Å². The van der Waals surface area contributed by atoms with Crippen LogP contribution >= 0.6 is 11.6 Å². The number of anilines is 1. The van der Waals surface area contributed by atoms with Gasteiger partial charge in [-0.2, -0.15) is 5.10 Å². The molecule has 1 saturated carbocycles. The summed E-state index contributed by atoms with van der Waals surface area (Å²) in [4.78, 5) is 41.1. The van der Waals surface area contributed by atoms with E-state index in [1.165, 1.54) is 28.5 Å². The van der Waals surface area contributed by atoms with Gasteiger partial charge in [0, 0.05) is 22.8 Å². The van der Waals surface area contributed by atoms with E-state index in [9.17, 15) is 14.4 Å². The van der Waals surface area contributed by atoms with Crippen LogP contribution in [-0.4, -0.2) is 45.8 Å². The summed E-state index contributed by atoms with van der Waals surface area (Å²) in [5.74, 6) is -1.25. The first kappa shape index (κ1) is 23.3. The van der Waals surface area contributed by atoms with Crippen LogP contribution in [0.5, 0.6) is 0 Å². The molecular weight excluding hydrogens is 444 g/mol. The average molecular weight is 473 g/mol. The van der Waals surface area contributed by atoms with Crippen molar-refractivity contribution >= 4 is 35.1 Å². The van der Waals surface area contributed by atoms with E-state index >= 15 is 0 Å². The lowest BCUT2D eigenvalue weighted by atomic mass is 9.93. The molecule has 0 unspecified atom stereocenters. The largest absolute Gasteiger partial charge is 0.461 e. The number of amides is 2. The highest BCUT2D eigenvalue weighted by Crippen LogP contribution is 2.34. The van der Waals surface area contributed by atoms with Crippen LogP contribution in [0.25, 0.3) is 0 Å². The van der Waals surface area contributed by atoms with E-state index < -0.39 is 17.4 Å². The summed E-state index contributed by atoms with van der Waals surface area (Å²) in [7, 11) is 0. The minimum atomic E-state index is -1.25. The van der Waals surface area contributed by atoms with Gasteiger partial charge in [-0.1, -0.05) is 37.3 Å². The van der Waals surface area contributed by atoms with E-state index in [-0.39, 0.29) is 36.5 Å². The predicted molar refractivity (Wildman–Crippen MR) is 124 cm³/mol. The summed E-state index contributed by atoms with van der Waals surface area (Å²) in [5, 5.41) is 8.02. The Hall–Kier alpha value is -2.87. The molecule has 2 heterocycles. The fourth-order valence-corrected chi connectivity index (χ4v) is 4.77. The lowest BCUT2D eigenvalue weighted by molar-refractivity contribution is -0.127. The number of rotatable bonds is 5. The molecule has 1 aliphatic carbocycles. The number of hydrogen-bond donors (Lipinski definition) is 1. The molecule has 2 aromatic rings. The van der Waals surface area contributed by atoms with Gasteiger partial charge in [-0.05, 0) is 51.0 Å². The van der Waals surface area contributed by atoms with E-state index in [1.54, 1.807) is 38.1 Å². The molecule has 2 amide bonds. The topological polar surface area (TPSA) is 93.5 Å². The second kappa shape index (κ2) is 9.55. The van der Waals surface area contributed by atoms with Crippen molar-refractivity contribution in [1.29, 1.82) is 0 Å². The van der Waals surface area contributed by atoms with Gasteiger partial charge in [0.2, 0.25) is 5.91 Å². The van der Waals surface area contributed by atoms with Crippen LogP contribution in [0.15, 0.2) is 30.3 Å². The quantitative estimate of drug-likeness (QED) is 0.525. The second-order valence-electron chi connectivity index (χ2n) is 8.85. The van der Waals surface area contributed by atoms with Gasteiger partial charge in [0.05, 0.1) is 13.2 Å². The maximum Gasteiger partial charge on any atom is 0.358 e. The second-order valence-corrected chi connectivity index (χ2v) is 9.28. The van der Waals surface area contributed by atoms with Crippen LogP contribution in [0.4, 0.5) is 5.69 Å². The average Bonchev–Trinajstić information content (AvgIpc) is 3.04. The van der Waals surface area contributed by atoms with Crippen molar-refractivity contribution in [3.05, 3.63) is 46.7 Å². The molecule has 4 rings (SSSR count). The molecule has 0 bridgehead atoms. The van der Waals surface area contributed by atoms with E-state index in [4.69, 9.17) is 16.3 Å². The fourth-order valence-electron chi connectivity index (χ4n) is 4.65. The Kier molecular flexibility index (Phi) is 6.74. The van der Waals surface area contributed by atoms with Crippen LogP contribution in [-0.2, 0) is 16.1 Å². The molecule has 8 nitrogen and oxygen atoms in total. The van der Waals surface area contributed by atoms with E-state index in [1.807, 2.05) is 0 Å². The van der Waals surface area contributed by atoms with Crippen molar-refractivity contribution in [2.45, 2.75) is 70.5 Å². The molecular formula is C24H29ClN4O4. The van der Waals surface area contributed by atoms with Crippen molar-refractivity contribution < 1.29 is 19.1 Å². The molecule has 0 saturated heterocycles. The van der Waals surface area contributed by atoms with Gasteiger partial charge in [0.15, 0.2) is 5.69 Å². The minimum Gasteiger partial charge on any atom is -0.461 e. The predicted octanol–water partition coefficient (Wildman–Crippen LogP) is 3.97. The highest BCUT2D eigenvalue weighted by atomic mass is 35.5. The summed E-state index contributed by atoms with van der Waals surface area (Å²) in [6.07, 6.45) is 6.35. The molecule has 1 atom stereocenters. The first-order chi connectivity index (χ1) is 15.8. The lowest BCUT2D eigenvalue weighted by Crippen LogP contribution is -2.65. The standard InChI is InChI=1S/C24H29ClN4O4/c1-3-33-22(31)19-14-20-21(30)29(18-12-10-16(25)11-13-18)24(2,15-28(20)27-19)23(32)26-17-8-6-4-5-7-9-17/h10-14,17H,3-9,15H2,1-2H3,(H,26,32)/t24-/m1/s1. The molecule has 33 heavy (non-hydrogen) atoms. The van der Waals surface area contributed by atoms with Gasteiger partial charge in [0.25, 0.3) is 5.91 Å². The number of fused-ring (bicyclic) bond motifs is 1. The maximum atomic E-state index is 13.7. The van der Waals surface area contributed by atoms with Crippen LogP contribution in [0.1, 0.15) is 73.3 Å². The summed E-state index contributed by atoms with van der Waals surface area (Å²) in [6, 6.07) is 8.30. The molecule has 1 aliphatic heterocycles. The molecule has 1 fully saturated rings. The number of halogens is 1. The van der Waals surface area contributed by atoms with Gasteiger partial charge in [-0.15, -0.1) is 0 Å². The molecule has 9 heteroatoms. The Morgan fingerprint density at radius 1 is 1.18 bits per heavy atom. The zero-order chi connectivity index (χ0) is 23.6. The number of esters is 1. The number of benzene rings is 1. The van der Waals surface area contributed by atoms with Gasteiger partial charge in [0.1, 0.15) is 11.2 Å². The van der Waals surface area contributed by atoms with Crippen LogP contribution in [0.2, 0.25) is 5.02 Å². The highest BCUT2D eigenvalue weighted by Gasteiger charge is 2.49. The molecule has 176 valence electrons. The number of carbonyl (C=O) groups is 3. The lowest BCUT2D eigenvalue weighted by Gasteiger charge is -2.43. The first-order valence-electron chi connectivity index (χ1n) is 11.5. The van der Waals surface area contributed by atoms with E-state index in [0.29, 0.717) is 10.7 Å². The Bertz CT molecular complexity index is 1040. The SMILES string of the molecule is CCOC(=O)c1cc2n(n1)C[C@](C)(C(=O)NC1CCCCCC1)N(c1ccc(Cl)cc1)C2=O. The number of nitrogens with zero attached hydrogens (tertiary/aromatic N) is 3. The van der Waals surface area contributed by atoms with E-state index in [0.717, 1.165) is 25.7 Å². The van der Waals surface area contributed by atoms with Crippen molar-refractivity contribution in [3.63, 3.8) is 0 Å². The Morgan fingerprint density at radius 3 is 2.48 bits per heavy atom. The zero-order valence-electron chi connectivity index (χ0n) is 19.0. The van der Waals surface area contributed by atoms with Crippen molar-refractivity contribution in [2.75, 3.05) is 11.5 Å². The van der Waals surface area contributed by atoms with Crippen molar-refractivity contribution in [1.82, 2.24) is 15.1 Å². The van der Waals surface area contributed by atoms with Crippen LogP contribution in [0.3, 0.4) is 0 Å². The minimum absolute atomic E-state index is 0.0460. The summed E-state index contributed by atoms with van der Waals surface area (Å²) >= 11 is 6.07. The third kappa shape index (κ3) is 4.62. The highest BCUT2D eigenvalue weighted by molar-refractivity contribution is 6.30. The van der Waals surface area contributed by atoms with Crippen molar-refractivity contribution in [3.8, 4) is 0 Å². The monoisotopic (exact) mass is 472 g/mol. The van der Waals surface area contributed by atoms with Crippen LogP contribution < -0.4 is 10.2 Å². The maximum absolute atomic E-state index is 13.7. The van der Waals surface area contributed by atoms with Gasteiger partial charge >= 0.3 is 5.97 Å². The smallest absolute Gasteiger partial charge is 0.358 e. The number of nitrogens with one attached hydrogen (secondary N) is 1. The first-order valence-corrected chi connectivity index (χ1v) is 11.9. The molecule has 2 aliphatic rings. The van der Waals surface area contributed by atoms with Crippen molar-refractivity contribution in [2.24, 2.45) is 0 Å². The molecule has 0 spiro atoms. The summed E-state index contributed by atoms with van der Waals surface area (Å²) in [6.45, 7) is 3.75. The number of aromatic nitrogens is 2. The third-order valence-corrected chi connectivity index (χ3v) is 6.65. The molecule has 1 aromatic heterocycles. The number of hydrogen-bond acceptors (Lipinski definition) is 5. The fraction of sp³-hybridized carbons (Fsp3) is 0.500. The third-order valence-electron chi connectivity index (χ3n) is 6.40. The zero-order valence-corrected chi connectivity index (χ0v) is 19.7. The van der Waals surface area contributed by atoms with Gasteiger partial charge in [-0.25, -0.2) is 4.79 Å². The molecule has 1 N–H and O–H groups in total. The van der Waals surface area contributed by atoms with Gasteiger partial charge in [-0.3, -0.25) is 19.2 Å². The Labute approximate surface area is 198 Å². The molecule has 0 radical (unpaired) electrons.